The van der Waals surface area contributed by atoms with Crippen LogP contribution in [0.5, 0.6) is 5.75 Å². The normalized spacial score (nSPS) is 10.5. The Morgan fingerprint density at radius 1 is 1.03 bits per heavy atom. The summed E-state index contributed by atoms with van der Waals surface area (Å²) < 4.78 is 7.03. The van der Waals surface area contributed by atoms with E-state index in [2.05, 4.69) is 20.8 Å². The number of benzene rings is 2. The first kappa shape index (κ1) is 20.0. The highest BCUT2D eigenvalue weighted by Crippen LogP contribution is 2.13. The first-order valence-electron chi connectivity index (χ1n) is 9.13. The highest BCUT2D eigenvalue weighted by Gasteiger charge is 2.05. The summed E-state index contributed by atoms with van der Waals surface area (Å²) in [4.78, 5) is 22.6. The van der Waals surface area contributed by atoms with Gasteiger partial charge in [-0.1, -0.05) is 24.3 Å². The Hall–Kier alpha value is -3.75. The summed E-state index contributed by atoms with van der Waals surface area (Å²) in [5.74, 6) is -0.231. The van der Waals surface area contributed by atoms with Gasteiger partial charge in [-0.25, -0.2) is 4.68 Å². The van der Waals surface area contributed by atoms with Gasteiger partial charge in [0, 0.05) is 13.0 Å². The fraction of sp³-hybridized carbons (Fsp3) is 0.250. The molecule has 2 aromatic carbocycles. The molecule has 3 rings (SSSR count). The summed E-state index contributed by atoms with van der Waals surface area (Å²) in [6.07, 6.45) is 2.34. The van der Waals surface area contributed by atoms with Crippen LogP contribution in [-0.4, -0.2) is 43.8 Å². The number of hydrogen-bond donors (Lipinski definition) is 2. The molecule has 0 aliphatic carbocycles. The highest BCUT2D eigenvalue weighted by atomic mass is 16.5. The van der Waals surface area contributed by atoms with Gasteiger partial charge in [-0.3, -0.25) is 9.59 Å². The van der Waals surface area contributed by atoms with E-state index in [1.165, 1.54) is 6.33 Å². The summed E-state index contributed by atoms with van der Waals surface area (Å²) >= 11 is 0. The van der Waals surface area contributed by atoms with Gasteiger partial charge in [0.15, 0.2) is 0 Å². The Morgan fingerprint density at radius 3 is 2.41 bits per heavy atom. The second-order valence-electron chi connectivity index (χ2n) is 6.36. The van der Waals surface area contributed by atoms with E-state index >= 15 is 0 Å². The van der Waals surface area contributed by atoms with Crippen molar-refractivity contribution in [2.24, 2.45) is 0 Å². The molecule has 9 nitrogen and oxygen atoms in total. The zero-order valence-corrected chi connectivity index (χ0v) is 15.7. The quantitative estimate of drug-likeness (QED) is 0.502. The number of tetrazole rings is 1. The molecule has 150 valence electrons. The minimum Gasteiger partial charge on any atom is -0.494 e. The number of aromatic nitrogens is 4. The molecule has 0 fully saturated rings. The third-order valence-corrected chi connectivity index (χ3v) is 4.13. The van der Waals surface area contributed by atoms with Crippen LogP contribution in [0.2, 0.25) is 0 Å². The lowest BCUT2D eigenvalue weighted by atomic mass is 10.1. The van der Waals surface area contributed by atoms with Crippen LogP contribution in [0, 0.1) is 0 Å². The Morgan fingerprint density at radius 2 is 1.76 bits per heavy atom. The molecule has 3 aromatic rings. The van der Waals surface area contributed by atoms with Crippen molar-refractivity contribution in [1.82, 2.24) is 25.5 Å². The monoisotopic (exact) mass is 395 g/mol. The van der Waals surface area contributed by atoms with Crippen LogP contribution in [-0.2, 0) is 22.6 Å². The zero-order chi connectivity index (χ0) is 20.5. The summed E-state index contributed by atoms with van der Waals surface area (Å²) in [5, 5.41) is 22.5. The van der Waals surface area contributed by atoms with Gasteiger partial charge in [0.1, 0.15) is 12.1 Å². The largest absolute Gasteiger partial charge is 0.494 e. The molecule has 0 bridgehead atoms. The van der Waals surface area contributed by atoms with Crippen LogP contribution in [0.25, 0.3) is 5.69 Å². The molecule has 2 N–H and O–H groups in total. The average molecular weight is 395 g/mol. The van der Waals surface area contributed by atoms with E-state index in [-0.39, 0.29) is 18.7 Å². The maximum Gasteiger partial charge on any atom is 0.303 e. The topological polar surface area (TPSA) is 119 Å². The highest BCUT2D eigenvalue weighted by molar-refractivity contribution is 5.78. The van der Waals surface area contributed by atoms with E-state index in [4.69, 9.17) is 9.84 Å². The molecule has 0 aliphatic heterocycles. The van der Waals surface area contributed by atoms with E-state index < -0.39 is 5.97 Å². The SMILES string of the molecule is O=C(O)CCCOc1ccc(CNC(=O)Cc2ccc(-n3cnnn3)cc2)cc1. The number of rotatable bonds is 10. The number of carbonyl (C=O) groups is 2. The Kier molecular flexibility index (Phi) is 6.88. The van der Waals surface area contributed by atoms with Gasteiger partial charge in [0.05, 0.1) is 18.7 Å². The van der Waals surface area contributed by atoms with E-state index in [0.717, 1.165) is 16.8 Å². The molecule has 1 heterocycles. The van der Waals surface area contributed by atoms with Crippen LogP contribution >= 0.6 is 0 Å². The van der Waals surface area contributed by atoms with Crippen molar-refractivity contribution >= 4 is 11.9 Å². The molecule has 0 spiro atoms. The van der Waals surface area contributed by atoms with Crippen LogP contribution in [0.15, 0.2) is 54.9 Å². The molecule has 29 heavy (non-hydrogen) atoms. The summed E-state index contributed by atoms with van der Waals surface area (Å²) in [6, 6.07) is 14.8. The van der Waals surface area contributed by atoms with Crippen molar-refractivity contribution in [2.45, 2.75) is 25.8 Å². The number of aliphatic carboxylic acids is 1. The van der Waals surface area contributed by atoms with E-state index in [1.807, 2.05) is 36.4 Å². The number of carbonyl (C=O) groups excluding carboxylic acids is 1. The lowest BCUT2D eigenvalue weighted by molar-refractivity contribution is -0.137. The minimum absolute atomic E-state index is 0.0748. The molecule has 0 saturated heterocycles. The molecule has 1 amide bonds. The third-order valence-electron chi connectivity index (χ3n) is 4.13. The number of ether oxygens (including phenoxy) is 1. The lowest BCUT2D eigenvalue weighted by Crippen LogP contribution is -2.24. The number of carboxylic acid groups (broad SMARTS) is 1. The predicted octanol–water partition coefficient (Wildman–Crippen LogP) is 1.76. The molecule has 0 saturated carbocycles. The first-order chi connectivity index (χ1) is 14.1. The molecule has 9 heteroatoms. The molecule has 0 radical (unpaired) electrons. The Balaban J connectivity index is 1.41. The lowest BCUT2D eigenvalue weighted by Gasteiger charge is -2.08. The summed E-state index contributed by atoms with van der Waals surface area (Å²) in [7, 11) is 0. The van der Waals surface area contributed by atoms with Gasteiger partial charge in [-0.2, -0.15) is 0 Å². The van der Waals surface area contributed by atoms with Crippen LogP contribution in [0.3, 0.4) is 0 Å². The fourth-order valence-corrected chi connectivity index (χ4v) is 2.61. The molecule has 1 aromatic heterocycles. The summed E-state index contributed by atoms with van der Waals surface area (Å²) in [6.45, 7) is 0.773. The van der Waals surface area contributed by atoms with Crippen LogP contribution in [0.1, 0.15) is 24.0 Å². The summed E-state index contributed by atoms with van der Waals surface area (Å²) in [5.41, 5.74) is 2.67. The zero-order valence-electron chi connectivity index (χ0n) is 15.7. The van der Waals surface area contributed by atoms with Crippen LogP contribution < -0.4 is 10.1 Å². The second kappa shape index (κ2) is 9.98. The molecule has 0 aliphatic rings. The van der Waals surface area contributed by atoms with E-state index in [9.17, 15) is 9.59 Å². The van der Waals surface area contributed by atoms with Crippen molar-refractivity contribution in [3.05, 3.63) is 66.0 Å². The number of carboxylic acids is 1. The third kappa shape index (κ3) is 6.42. The van der Waals surface area contributed by atoms with E-state index in [0.29, 0.717) is 25.3 Å². The van der Waals surface area contributed by atoms with Crippen molar-refractivity contribution in [2.75, 3.05) is 6.61 Å². The standard InChI is InChI=1S/C20H21N5O4/c26-19(12-15-3-7-17(8-4-15)25-14-22-23-24-25)21-13-16-5-9-18(10-6-16)29-11-1-2-20(27)28/h3-10,14H,1-2,11-13H2,(H,21,26)(H,27,28). The van der Waals surface area contributed by atoms with Gasteiger partial charge in [0.25, 0.3) is 0 Å². The number of nitrogens with zero attached hydrogens (tertiary/aromatic N) is 4. The average Bonchev–Trinajstić information content (AvgIpc) is 3.26. The van der Waals surface area contributed by atoms with E-state index in [1.54, 1.807) is 16.8 Å². The van der Waals surface area contributed by atoms with Crippen molar-refractivity contribution in [3.63, 3.8) is 0 Å². The predicted molar refractivity (Wildman–Crippen MR) is 104 cm³/mol. The van der Waals surface area contributed by atoms with Gasteiger partial charge < -0.3 is 15.2 Å². The van der Waals surface area contributed by atoms with Gasteiger partial charge in [-0.15, -0.1) is 5.10 Å². The fourth-order valence-electron chi connectivity index (χ4n) is 2.61. The Labute approximate surface area is 167 Å². The maximum atomic E-state index is 12.2. The van der Waals surface area contributed by atoms with Crippen molar-refractivity contribution in [1.29, 1.82) is 0 Å². The molecule has 0 unspecified atom stereocenters. The van der Waals surface area contributed by atoms with Gasteiger partial charge >= 0.3 is 5.97 Å². The van der Waals surface area contributed by atoms with Gasteiger partial charge in [-0.05, 0) is 52.2 Å². The smallest absolute Gasteiger partial charge is 0.303 e. The van der Waals surface area contributed by atoms with Crippen molar-refractivity contribution < 1.29 is 19.4 Å². The minimum atomic E-state index is -0.830. The molecular weight excluding hydrogens is 374 g/mol. The number of amides is 1. The van der Waals surface area contributed by atoms with Crippen molar-refractivity contribution in [3.8, 4) is 11.4 Å². The molecule has 0 atom stereocenters. The number of nitrogens with one attached hydrogen (secondary N) is 1. The number of hydrogen-bond acceptors (Lipinski definition) is 6. The second-order valence-corrected chi connectivity index (χ2v) is 6.36. The van der Waals surface area contributed by atoms with Crippen LogP contribution in [0.4, 0.5) is 0 Å². The maximum absolute atomic E-state index is 12.2. The Bertz CT molecular complexity index is 925. The first-order valence-corrected chi connectivity index (χ1v) is 9.13. The van der Waals surface area contributed by atoms with Gasteiger partial charge in [0.2, 0.25) is 5.91 Å². The molecular formula is C20H21N5O4.